The number of nitrogens with zero attached hydrogens (tertiary/aromatic N) is 3. The fraction of sp³-hybridized carbons (Fsp3) is 0.583. The average Bonchev–Trinajstić information content (AvgIpc) is 2.45. The number of nitrogens with one attached hydrogen (secondary N) is 1. The molecule has 0 aliphatic carbocycles. The first kappa shape index (κ1) is 14.7. The van der Waals surface area contributed by atoms with Gasteiger partial charge < -0.3 is 10.2 Å². The Kier molecular flexibility index (Phi) is 4.53. The molecule has 1 aromatic rings. The van der Waals surface area contributed by atoms with Gasteiger partial charge in [0.1, 0.15) is 11.5 Å². The van der Waals surface area contributed by atoms with Crippen LogP contribution in [-0.4, -0.2) is 60.3 Å². The van der Waals surface area contributed by atoms with Crippen molar-refractivity contribution in [1.29, 1.82) is 0 Å². The molecule has 0 bridgehead atoms. The van der Waals surface area contributed by atoms with Crippen LogP contribution >= 0.6 is 0 Å². The number of carbonyl (C=O) groups excluding carboxylic acids is 1. The van der Waals surface area contributed by atoms with Gasteiger partial charge in [-0.25, -0.2) is 13.4 Å². The highest BCUT2D eigenvalue weighted by atomic mass is 32.2. The minimum Gasteiger partial charge on any atom is -0.369 e. The van der Waals surface area contributed by atoms with E-state index in [4.69, 9.17) is 0 Å². The van der Waals surface area contributed by atoms with Crippen LogP contribution in [0.4, 0.5) is 5.82 Å². The van der Waals surface area contributed by atoms with Crippen LogP contribution in [-0.2, 0) is 9.84 Å². The van der Waals surface area contributed by atoms with E-state index in [-0.39, 0.29) is 36.2 Å². The number of aromatic nitrogens is 2. The molecule has 1 N–H and O–H groups in total. The normalized spacial score (nSPS) is 17.8. The van der Waals surface area contributed by atoms with Crippen molar-refractivity contribution in [1.82, 2.24) is 14.9 Å². The minimum atomic E-state index is -2.99. The van der Waals surface area contributed by atoms with Crippen molar-refractivity contribution in [3.8, 4) is 0 Å². The topological polar surface area (TPSA) is 92.3 Å². The molecule has 20 heavy (non-hydrogen) atoms. The molecule has 1 aliphatic rings. The lowest BCUT2D eigenvalue weighted by atomic mass is 10.3. The van der Waals surface area contributed by atoms with Gasteiger partial charge in [-0.05, 0) is 6.42 Å². The van der Waals surface area contributed by atoms with E-state index in [2.05, 4.69) is 15.3 Å². The Balaban J connectivity index is 2.05. The number of rotatable bonds is 4. The Labute approximate surface area is 118 Å². The zero-order chi connectivity index (χ0) is 14.6. The van der Waals surface area contributed by atoms with Gasteiger partial charge in [0, 0.05) is 19.6 Å². The van der Waals surface area contributed by atoms with E-state index >= 15 is 0 Å². The summed E-state index contributed by atoms with van der Waals surface area (Å²) in [4.78, 5) is 21.9. The number of hydrogen-bond donors (Lipinski definition) is 1. The molecule has 1 amide bonds. The third-order valence-corrected chi connectivity index (χ3v) is 4.65. The molecule has 0 aromatic carbocycles. The van der Waals surface area contributed by atoms with Crippen molar-refractivity contribution in [2.45, 2.75) is 13.3 Å². The second-order valence-corrected chi connectivity index (χ2v) is 6.96. The van der Waals surface area contributed by atoms with Crippen LogP contribution in [0.2, 0.25) is 0 Å². The van der Waals surface area contributed by atoms with E-state index in [0.717, 1.165) is 13.0 Å². The molecule has 0 saturated carbocycles. The fourth-order valence-corrected chi connectivity index (χ4v) is 3.09. The van der Waals surface area contributed by atoms with Crippen molar-refractivity contribution in [3.05, 3.63) is 18.1 Å². The Bertz CT molecular complexity index is 574. The van der Waals surface area contributed by atoms with E-state index in [9.17, 15) is 13.2 Å². The van der Waals surface area contributed by atoms with Crippen molar-refractivity contribution in [2.75, 3.05) is 36.5 Å². The van der Waals surface area contributed by atoms with E-state index in [0.29, 0.717) is 5.82 Å². The molecule has 0 radical (unpaired) electrons. The van der Waals surface area contributed by atoms with Gasteiger partial charge in [-0.1, -0.05) is 6.92 Å². The molecule has 110 valence electrons. The monoisotopic (exact) mass is 298 g/mol. The molecule has 0 unspecified atom stereocenters. The molecule has 7 nitrogen and oxygen atoms in total. The summed E-state index contributed by atoms with van der Waals surface area (Å²) in [5, 5.41) is 3.07. The second-order valence-electron chi connectivity index (χ2n) is 4.66. The largest absolute Gasteiger partial charge is 0.369 e. The lowest BCUT2D eigenvalue weighted by Crippen LogP contribution is -2.44. The van der Waals surface area contributed by atoms with Crippen molar-refractivity contribution >= 4 is 21.6 Å². The zero-order valence-corrected chi connectivity index (χ0v) is 12.2. The highest BCUT2D eigenvalue weighted by molar-refractivity contribution is 7.91. The number of carbonyl (C=O) groups is 1. The maximum atomic E-state index is 12.2. The molecule has 1 aliphatic heterocycles. The molecule has 8 heteroatoms. The van der Waals surface area contributed by atoms with Crippen molar-refractivity contribution in [3.63, 3.8) is 0 Å². The van der Waals surface area contributed by atoms with E-state index < -0.39 is 9.84 Å². The van der Waals surface area contributed by atoms with Crippen LogP contribution in [0.15, 0.2) is 12.4 Å². The van der Waals surface area contributed by atoms with Gasteiger partial charge in [-0.15, -0.1) is 0 Å². The van der Waals surface area contributed by atoms with E-state index in [1.54, 1.807) is 6.20 Å². The summed E-state index contributed by atoms with van der Waals surface area (Å²) in [6.07, 6.45) is 3.92. The van der Waals surface area contributed by atoms with E-state index in [1.807, 2.05) is 6.92 Å². The molecule has 1 aromatic heterocycles. The second kappa shape index (κ2) is 6.17. The lowest BCUT2D eigenvalue weighted by molar-refractivity contribution is 0.0764. The first-order chi connectivity index (χ1) is 9.52. The van der Waals surface area contributed by atoms with Crippen LogP contribution in [0, 0.1) is 0 Å². The standard InChI is InChI=1S/C12H18N4O3S/c1-2-3-14-11-9-13-8-10(15-11)12(17)16-4-6-20(18,19)7-5-16/h8-9H,2-7H2,1H3,(H,14,15). The summed E-state index contributed by atoms with van der Waals surface area (Å²) in [6.45, 7) is 3.23. The van der Waals surface area contributed by atoms with Gasteiger partial charge in [-0.2, -0.15) is 0 Å². The van der Waals surface area contributed by atoms with Crippen LogP contribution in [0.25, 0.3) is 0 Å². The molecular weight excluding hydrogens is 280 g/mol. The lowest BCUT2D eigenvalue weighted by Gasteiger charge is -2.26. The highest BCUT2D eigenvalue weighted by Gasteiger charge is 2.26. The molecule has 2 rings (SSSR count). The average molecular weight is 298 g/mol. The molecular formula is C12H18N4O3S. The first-order valence-corrected chi connectivity index (χ1v) is 8.39. The van der Waals surface area contributed by atoms with Crippen LogP contribution < -0.4 is 5.32 Å². The molecule has 1 fully saturated rings. The fourth-order valence-electron chi connectivity index (χ4n) is 1.88. The predicted octanol–water partition coefficient (Wildman–Crippen LogP) is 0.169. The molecule has 0 spiro atoms. The van der Waals surface area contributed by atoms with Crippen molar-refractivity contribution < 1.29 is 13.2 Å². The van der Waals surface area contributed by atoms with Gasteiger partial charge in [-0.3, -0.25) is 9.78 Å². The molecule has 0 atom stereocenters. The quantitative estimate of drug-likeness (QED) is 0.852. The number of anilines is 1. The third kappa shape index (κ3) is 3.66. The molecule has 1 saturated heterocycles. The maximum Gasteiger partial charge on any atom is 0.274 e. The predicted molar refractivity (Wildman–Crippen MR) is 75.4 cm³/mol. The number of amides is 1. The Morgan fingerprint density at radius 2 is 2.05 bits per heavy atom. The van der Waals surface area contributed by atoms with E-state index in [1.165, 1.54) is 11.1 Å². The Morgan fingerprint density at radius 3 is 2.70 bits per heavy atom. The summed E-state index contributed by atoms with van der Waals surface area (Å²) in [6, 6.07) is 0. The highest BCUT2D eigenvalue weighted by Crippen LogP contribution is 2.09. The minimum absolute atomic E-state index is 0.0138. The van der Waals surface area contributed by atoms with Gasteiger partial charge in [0.2, 0.25) is 0 Å². The van der Waals surface area contributed by atoms with Crippen LogP contribution in [0.3, 0.4) is 0 Å². The van der Waals surface area contributed by atoms with Gasteiger partial charge in [0.25, 0.3) is 5.91 Å². The smallest absolute Gasteiger partial charge is 0.274 e. The Hall–Kier alpha value is -1.70. The van der Waals surface area contributed by atoms with Gasteiger partial charge >= 0.3 is 0 Å². The van der Waals surface area contributed by atoms with Gasteiger partial charge in [0.05, 0.1) is 23.9 Å². The maximum absolute atomic E-state index is 12.2. The van der Waals surface area contributed by atoms with Crippen LogP contribution in [0.5, 0.6) is 0 Å². The van der Waals surface area contributed by atoms with Crippen molar-refractivity contribution in [2.24, 2.45) is 0 Å². The summed E-state index contributed by atoms with van der Waals surface area (Å²) in [5.74, 6) is 0.315. The molecule has 2 heterocycles. The zero-order valence-electron chi connectivity index (χ0n) is 11.4. The Morgan fingerprint density at radius 1 is 1.35 bits per heavy atom. The summed E-state index contributed by atoms with van der Waals surface area (Å²) in [5.41, 5.74) is 0.241. The SMILES string of the molecule is CCCNc1cncc(C(=O)N2CCS(=O)(=O)CC2)n1. The summed E-state index contributed by atoms with van der Waals surface area (Å²) >= 11 is 0. The number of hydrogen-bond acceptors (Lipinski definition) is 6. The third-order valence-electron chi connectivity index (χ3n) is 3.04. The van der Waals surface area contributed by atoms with Crippen LogP contribution in [0.1, 0.15) is 23.8 Å². The van der Waals surface area contributed by atoms with Gasteiger partial charge in [0.15, 0.2) is 9.84 Å². The number of sulfone groups is 1. The summed E-state index contributed by atoms with van der Waals surface area (Å²) in [7, 11) is -2.99. The summed E-state index contributed by atoms with van der Waals surface area (Å²) < 4.78 is 22.7. The first-order valence-electron chi connectivity index (χ1n) is 6.57.